The molecule has 3 rings (SSSR count). The van der Waals surface area contributed by atoms with Gasteiger partial charge in [-0.05, 0) is 29.8 Å². The van der Waals surface area contributed by atoms with Gasteiger partial charge < -0.3 is 14.8 Å². The molecule has 1 aromatic heterocycles. The van der Waals surface area contributed by atoms with Crippen molar-refractivity contribution in [1.82, 2.24) is 10.3 Å². The highest BCUT2D eigenvalue weighted by Crippen LogP contribution is 2.28. The summed E-state index contributed by atoms with van der Waals surface area (Å²) in [7, 11) is 3.05. The zero-order valence-electron chi connectivity index (χ0n) is 13.6. The number of nitrogens with zero attached hydrogens (tertiary/aromatic N) is 1. The van der Waals surface area contributed by atoms with E-state index >= 15 is 0 Å². The molecule has 0 bridgehead atoms. The molecule has 1 heterocycles. The summed E-state index contributed by atoms with van der Waals surface area (Å²) in [4.78, 5) is 16.9. The van der Waals surface area contributed by atoms with Crippen LogP contribution < -0.4 is 14.8 Å². The Hall–Kier alpha value is -3.08. The minimum absolute atomic E-state index is 0.252. The fraction of sp³-hybridized carbons (Fsp3) is 0.158. The molecule has 0 aliphatic heterocycles. The van der Waals surface area contributed by atoms with Crippen LogP contribution in [0, 0.1) is 0 Å². The molecule has 0 saturated carbocycles. The average Bonchev–Trinajstić information content (AvgIpc) is 2.65. The number of aromatic nitrogens is 1. The first-order chi connectivity index (χ1) is 11.7. The number of amides is 1. The van der Waals surface area contributed by atoms with Gasteiger partial charge in [-0.2, -0.15) is 0 Å². The lowest BCUT2D eigenvalue weighted by molar-refractivity contribution is 0.0944. The van der Waals surface area contributed by atoms with E-state index in [2.05, 4.69) is 10.3 Å². The van der Waals surface area contributed by atoms with Crippen LogP contribution in [0.25, 0.3) is 10.9 Å². The van der Waals surface area contributed by atoms with Gasteiger partial charge in [0.05, 0.1) is 19.7 Å². The van der Waals surface area contributed by atoms with Crippen molar-refractivity contribution < 1.29 is 14.3 Å². The van der Waals surface area contributed by atoms with Crippen molar-refractivity contribution >= 4 is 16.8 Å². The van der Waals surface area contributed by atoms with Crippen LogP contribution in [0.3, 0.4) is 0 Å². The van der Waals surface area contributed by atoms with E-state index in [4.69, 9.17) is 9.47 Å². The van der Waals surface area contributed by atoms with E-state index in [0.717, 1.165) is 16.5 Å². The smallest absolute Gasteiger partial charge is 0.259 e. The van der Waals surface area contributed by atoms with Gasteiger partial charge in [0.1, 0.15) is 17.1 Å². The number of nitrogens with one attached hydrogen (secondary N) is 1. The van der Waals surface area contributed by atoms with Gasteiger partial charge in [0.25, 0.3) is 5.91 Å². The summed E-state index contributed by atoms with van der Waals surface area (Å²) in [6.07, 6.45) is 1.77. The molecule has 0 saturated heterocycles. The maximum Gasteiger partial charge on any atom is 0.259 e. The van der Waals surface area contributed by atoms with Crippen molar-refractivity contribution in [1.29, 1.82) is 0 Å². The normalized spacial score (nSPS) is 10.4. The number of benzene rings is 2. The Morgan fingerprint density at radius 3 is 2.46 bits per heavy atom. The number of hydrogen-bond acceptors (Lipinski definition) is 4. The second-order valence-corrected chi connectivity index (χ2v) is 5.26. The predicted octanol–water partition coefficient (Wildman–Crippen LogP) is 3.18. The molecule has 0 atom stereocenters. The molecule has 1 amide bonds. The van der Waals surface area contributed by atoms with Gasteiger partial charge >= 0.3 is 0 Å². The highest BCUT2D eigenvalue weighted by Gasteiger charge is 2.17. The Labute approximate surface area is 140 Å². The summed E-state index contributed by atoms with van der Waals surface area (Å²) in [6, 6.07) is 15.1. The first-order valence-electron chi connectivity index (χ1n) is 7.56. The Balaban J connectivity index is 1.80. The second-order valence-electron chi connectivity index (χ2n) is 5.26. The van der Waals surface area contributed by atoms with Crippen molar-refractivity contribution in [3.63, 3.8) is 0 Å². The zero-order chi connectivity index (χ0) is 16.9. The van der Waals surface area contributed by atoms with E-state index in [1.807, 2.05) is 30.3 Å². The molecular weight excluding hydrogens is 304 g/mol. The fourth-order valence-electron chi connectivity index (χ4n) is 2.56. The van der Waals surface area contributed by atoms with Gasteiger partial charge in [-0.25, -0.2) is 0 Å². The number of para-hydroxylation sites is 1. The van der Waals surface area contributed by atoms with Crippen molar-refractivity contribution in [2.24, 2.45) is 0 Å². The standard InChI is InChI=1S/C19H18N2O3/c1-23-16-8-5-9-17(24-2)18(16)19(22)21-12-13-10-14-6-3-4-7-15(14)20-11-13/h3-11H,12H2,1-2H3,(H,21,22). The first kappa shape index (κ1) is 15.8. The van der Waals surface area contributed by atoms with E-state index in [-0.39, 0.29) is 5.91 Å². The molecule has 0 spiro atoms. The molecule has 0 aliphatic rings. The molecule has 1 N–H and O–H groups in total. The third-order valence-electron chi connectivity index (χ3n) is 3.76. The van der Waals surface area contributed by atoms with Crippen LogP contribution >= 0.6 is 0 Å². The monoisotopic (exact) mass is 322 g/mol. The Kier molecular flexibility index (Phi) is 4.61. The van der Waals surface area contributed by atoms with Crippen LogP contribution in [0.2, 0.25) is 0 Å². The van der Waals surface area contributed by atoms with Crippen LogP contribution in [0.5, 0.6) is 11.5 Å². The molecule has 5 heteroatoms. The summed E-state index contributed by atoms with van der Waals surface area (Å²) in [6.45, 7) is 0.373. The van der Waals surface area contributed by atoms with Gasteiger partial charge in [-0.15, -0.1) is 0 Å². The number of carbonyl (C=O) groups is 1. The SMILES string of the molecule is COc1cccc(OC)c1C(=O)NCc1cnc2ccccc2c1. The molecule has 2 aromatic carbocycles. The summed E-state index contributed by atoms with van der Waals surface area (Å²) < 4.78 is 10.5. The van der Waals surface area contributed by atoms with Crippen molar-refractivity contribution in [3.8, 4) is 11.5 Å². The Morgan fingerprint density at radius 2 is 1.75 bits per heavy atom. The quantitative estimate of drug-likeness (QED) is 0.784. The molecule has 0 unspecified atom stereocenters. The lowest BCUT2D eigenvalue weighted by Gasteiger charge is -2.13. The zero-order valence-corrected chi connectivity index (χ0v) is 13.6. The van der Waals surface area contributed by atoms with Gasteiger partial charge in [0, 0.05) is 18.1 Å². The summed E-state index contributed by atoms with van der Waals surface area (Å²) >= 11 is 0. The molecule has 122 valence electrons. The van der Waals surface area contributed by atoms with Gasteiger partial charge in [0.2, 0.25) is 0 Å². The number of methoxy groups -OCH3 is 2. The van der Waals surface area contributed by atoms with Gasteiger partial charge in [-0.1, -0.05) is 24.3 Å². The molecule has 24 heavy (non-hydrogen) atoms. The lowest BCUT2D eigenvalue weighted by atomic mass is 10.1. The molecule has 5 nitrogen and oxygen atoms in total. The second kappa shape index (κ2) is 7.00. The summed E-state index contributed by atoms with van der Waals surface area (Å²) in [5.41, 5.74) is 2.24. The van der Waals surface area contributed by atoms with E-state index in [1.165, 1.54) is 14.2 Å². The maximum absolute atomic E-state index is 12.5. The molecule has 0 aliphatic carbocycles. The highest BCUT2D eigenvalue weighted by atomic mass is 16.5. The number of pyridine rings is 1. The van der Waals surface area contributed by atoms with Crippen molar-refractivity contribution in [3.05, 3.63) is 65.9 Å². The summed E-state index contributed by atoms with van der Waals surface area (Å²) in [5, 5.41) is 3.93. The topological polar surface area (TPSA) is 60.5 Å². The fourth-order valence-corrected chi connectivity index (χ4v) is 2.56. The first-order valence-corrected chi connectivity index (χ1v) is 7.56. The van der Waals surface area contributed by atoms with Crippen LogP contribution in [0.1, 0.15) is 15.9 Å². The Morgan fingerprint density at radius 1 is 1.04 bits per heavy atom. The van der Waals surface area contributed by atoms with E-state index in [9.17, 15) is 4.79 Å². The van der Waals surface area contributed by atoms with Gasteiger partial charge in [0.15, 0.2) is 0 Å². The van der Waals surface area contributed by atoms with Crippen LogP contribution in [-0.2, 0) is 6.54 Å². The van der Waals surface area contributed by atoms with Crippen LogP contribution in [0.15, 0.2) is 54.7 Å². The Bertz CT molecular complexity index is 855. The molecule has 3 aromatic rings. The number of carbonyl (C=O) groups excluding carboxylic acids is 1. The largest absolute Gasteiger partial charge is 0.496 e. The average molecular weight is 322 g/mol. The van der Waals surface area contributed by atoms with Crippen LogP contribution in [-0.4, -0.2) is 25.1 Å². The van der Waals surface area contributed by atoms with Crippen molar-refractivity contribution in [2.75, 3.05) is 14.2 Å². The number of fused-ring (bicyclic) bond motifs is 1. The third-order valence-corrected chi connectivity index (χ3v) is 3.76. The van der Waals surface area contributed by atoms with E-state index in [0.29, 0.717) is 23.6 Å². The third kappa shape index (κ3) is 3.15. The molecule has 0 fully saturated rings. The van der Waals surface area contributed by atoms with E-state index in [1.54, 1.807) is 24.4 Å². The summed E-state index contributed by atoms with van der Waals surface area (Å²) in [5.74, 6) is 0.699. The highest BCUT2D eigenvalue weighted by molar-refractivity contribution is 5.99. The van der Waals surface area contributed by atoms with Gasteiger partial charge in [-0.3, -0.25) is 9.78 Å². The molecule has 0 radical (unpaired) electrons. The maximum atomic E-state index is 12.5. The predicted molar refractivity (Wildman–Crippen MR) is 92.5 cm³/mol. The van der Waals surface area contributed by atoms with E-state index < -0.39 is 0 Å². The lowest BCUT2D eigenvalue weighted by Crippen LogP contribution is -2.24. The number of ether oxygens (including phenoxy) is 2. The minimum atomic E-state index is -0.252. The minimum Gasteiger partial charge on any atom is -0.496 e. The molecular formula is C19H18N2O3. The van der Waals surface area contributed by atoms with Crippen molar-refractivity contribution in [2.45, 2.75) is 6.54 Å². The van der Waals surface area contributed by atoms with Crippen LogP contribution in [0.4, 0.5) is 0 Å². The number of hydrogen-bond donors (Lipinski definition) is 1. The number of rotatable bonds is 5.